The number of hydrogen-bond acceptors (Lipinski definition) is 2. The van der Waals surface area contributed by atoms with Crippen molar-refractivity contribution in [3.05, 3.63) is 77.9 Å². The molecule has 1 atom stereocenters. The number of halogens is 1. The Balaban J connectivity index is 2.10. The second kappa shape index (κ2) is 6.22. The maximum absolute atomic E-state index is 4.42. The van der Waals surface area contributed by atoms with Gasteiger partial charge in [0.25, 0.3) is 0 Å². The molecule has 0 N–H and O–H groups in total. The highest BCUT2D eigenvalue weighted by atomic mass is 79.9. The monoisotopic (exact) mass is 341 g/mol. The Morgan fingerprint density at radius 3 is 2.19 bits per heavy atom. The highest BCUT2D eigenvalue weighted by molar-refractivity contribution is 9.08. The molecule has 0 aliphatic carbocycles. The van der Waals surface area contributed by atoms with E-state index < -0.39 is 0 Å². The molecule has 4 heteroatoms. The summed E-state index contributed by atoms with van der Waals surface area (Å²) in [5.74, 6) is 2.06. The molecule has 0 amide bonds. The largest absolute Gasteiger partial charge is 0.282 e. The molecule has 3 nitrogen and oxygen atoms in total. The molecule has 0 aliphatic heterocycles. The second-order valence-electron chi connectivity index (χ2n) is 4.91. The van der Waals surface area contributed by atoms with E-state index in [0.29, 0.717) is 5.33 Å². The molecule has 0 aliphatic rings. The minimum Gasteiger partial charge on any atom is -0.282 e. The van der Waals surface area contributed by atoms with Gasteiger partial charge in [0.05, 0.1) is 5.33 Å². The van der Waals surface area contributed by atoms with Gasteiger partial charge in [0, 0.05) is 11.6 Å². The van der Waals surface area contributed by atoms with Crippen molar-refractivity contribution in [3.63, 3.8) is 0 Å². The zero-order valence-corrected chi connectivity index (χ0v) is 13.4. The molecular formula is C17H16BrN3. The van der Waals surface area contributed by atoms with Gasteiger partial charge < -0.3 is 0 Å². The lowest BCUT2D eigenvalue weighted by Gasteiger charge is -2.15. The summed E-state index contributed by atoms with van der Waals surface area (Å²) < 4.78 is 2.13. The average Bonchev–Trinajstić information content (AvgIpc) is 2.99. The molecule has 0 bridgehead atoms. The quantitative estimate of drug-likeness (QED) is 0.662. The van der Waals surface area contributed by atoms with Crippen LogP contribution in [0.15, 0.2) is 60.7 Å². The van der Waals surface area contributed by atoms with Crippen LogP contribution in [-0.2, 0) is 5.33 Å². The number of para-hydroxylation sites is 1. The zero-order valence-electron chi connectivity index (χ0n) is 11.8. The van der Waals surface area contributed by atoms with E-state index in [2.05, 4.69) is 74.0 Å². The van der Waals surface area contributed by atoms with Gasteiger partial charge in [-0.15, -0.1) is 10.2 Å². The number of nitrogens with zero attached hydrogens (tertiary/aromatic N) is 3. The average molecular weight is 342 g/mol. The van der Waals surface area contributed by atoms with Gasteiger partial charge >= 0.3 is 0 Å². The van der Waals surface area contributed by atoms with Gasteiger partial charge in [-0.05, 0) is 17.7 Å². The van der Waals surface area contributed by atoms with Crippen molar-refractivity contribution >= 4 is 15.9 Å². The molecule has 1 unspecified atom stereocenters. The normalized spacial score (nSPS) is 12.3. The Morgan fingerprint density at radius 1 is 0.952 bits per heavy atom. The van der Waals surface area contributed by atoms with Crippen LogP contribution in [0.4, 0.5) is 0 Å². The first-order valence-electron chi connectivity index (χ1n) is 6.91. The van der Waals surface area contributed by atoms with E-state index in [1.807, 2.05) is 24.3 Å². The first-order valence-corrected chi connectivity index (χ1v) is 8.04. The van der Waals surface area contributed by atoms with Crippen LogP contribution in [0, 0.1) is 0 Å². The molecular weight excluding hydrogens is 326 g/mol. The number of rotatable bonds is 4. The summed E-state index contributed by atoms with van der Waals surface area (Å²) in [4.78, 5) is 0. The van der Waals surface area contributed by atoms with Gasteiger partial charge in [-0.25, -0.2) is 0 Å². The van der Waals surface area contributed by atoms with Gasteiger partial charge in [-0.1, -0.05) is 71.4 Å². The van der Waals surface area contributed by atoms with Crippen LogP contribution in [0.25, 0.3) is 5.69 Å². The molecule has 0 radical (unpaired) electrons. The van der Waals surface area contributed by atoms with E-state index in [1.54, 1.807) is 0 Å². The van der Waals surface area contributed by atoms with Crippen molar-refractivity contribution in [1.29, 1.82) is 0 Å². The minimum absolute atomic E-state index is 0.187. The molecule has 0 saturated carbocycles. The lowest BCUT2D eigenvalue weighted by molar-refractivity contribution is 0.776. The first kappa shape index (κ1) is 14.0. The Labute approximate surface area is 132 Å². The molecule has 0 fully saturated rings. The van der Waals surface area contributed by atoms with Crippen LogP contribution in [0.1, 0.15) is 30.1 Å². The maximum Gasteiger partial charge on any atom is 0.148 e. The lowest BCUT2D eigenvalue weighted by atomic mass is 10.0. The SMILES string of the molecule is CC(c1ccccc1)c1nnc(CBr)n1-c1ccccc1. The highest BCUT2D eigenvalue weighted by Crippen LogP contribution is 2.26. The topological polar surface area (TPSA) is 30.7 Å². The summed E-state index contributed by atoms with van der Waals surface area (Å²) in [6.45, 7) is 2.16. The van der Waals surface area contributed by atoms with Gasteiger partial charge in [-0.2, -0.15) is 0 Å². The fourth-order valence-corrected chi connectivity index (χ4v) is 2.81. The van der Waals surface area contributed by atoms with Crippen molar-refractivity contribution < 1.29 is 0 Å². The molecule has 1 heterocycles. The van der Waals surface area contributed by atoms with Gasteiger partial charge in [0.15, 0.2) is 0 Å². The second-order valence-corrected chi connectivity index (χ2v) is 5.47. The Hall–Kier alpha value is -1.94. The Bertz CT molecular complexity index is 707. The van der Waals surface area contributed by atoms with E-state index in [-0.39, 0.29) is 5.92 Å². The van der Waals surface area contributed by atoms with Crippen molar-refractivity contribution in [1.82, 2.24) is 14.8 Å². The molecule has 0 saturated heterocycles. The van der Waals surface area contributed by atoms with E-state index >= 15 is 0 Å². The van der Waals surface area contributed by atoms with Crippen LogP contribution in [0.3, 0.4) is 0 Å². The van der Waals surface area contributed by atoms with Crippen LogP contribution in [-0.4, -0.2) is 14.8 Å². The zero-order chi connectivity index (χ0) is 14.7. The van der Waals surface area contributed by atoms with E-state index in [1.165, 1.54) is 5.56 Å². The van der Waals surface area contributed by atoms with Crippen molar-refractivity contribution in [2.24, 2.45) is 0 Å². The first-order chi connectivity index (χ1) is 10.3. The van der Waals surface area contributed by atoms with Gasteiger partial charge in [0.1, 0.15) is 11.6 Å². The van der Waals surface area contributed by atoms with Crippen molar-refractivity contribution in [3.8, 4) is 5.69 Å². The molecule has 21 heavy (non-hydrogen) atoms. The van der Waals surface area contributed by atoms with Crippen LogP contribution >= 0.6 is 15.9 Å². The fraction of sp³-hybridized carbons (Fsp3) is 0.176. The predicted octanol–water partition coefficient (Wildman–Crippen LogP) is 4.31. The van der Waals surface area contributed by atoms with Crippen molar-refractivity contribution in [2.45, 2.75) is 18.2 Å². The number of hydrogen-bond donors (Lipinski definition) is 0. The third-order valence-electron chi connectivity index (χ3n) is 3.58. The van der Waals surface area contributed by atoms with Gasteiger partial charge in [-0.3, -0.25) is 4.57 Å². The summed E-state index contributed by atoms with van der Waals surface area (Å²) in [5, 5.41) is 9.42. The summed E-state index contributed by atoms with van der Waals surface area (Å²) in [7, 11) is 0. The van der Waals surface area contributed by atoms with E-state index in [4.69, 9.17) is 0 Å². The Kier molecular flexibility index (Phi) is 4.15. The molecule has 3 aromatic rings. The fourth-order valence-electron chi connectivity index (χ4n) is 2.45. The highest BCUT2D eigenvalue weighted by Gasteiger charge is 2.19. The molecule has 0 spiro atoms. The number of benzene rings is 2. The standard InChI is InChI=1S/C17H16BrN3/c1-13(14-8-4-2-5-9-14)17-20-19-16(12-18)21(17)15-10-6-3-7-11-15/h2-11,13H,12H2,1H3. The predicted molar refractivity (Wildman–Crippen MR) is 87.9 cm³/mol. The molecule has 3 rings (SSSR count). The summed E-state index contributed by atoms with van der Waals surface area (Å²) >= 11 is 3.50. The van der Waals surface area contributed by atoms with Crippen LogP contribution in [0.2, 0.25) is 0 Å². The van der Waals surface area contributed by atoms with Crippen LogP contribution in [0.5, 0.6) is 0 Å². The Morgan fingerprint density at radius 2 is 1.57 bits per heavy atom. The number of alkyl halides is 1. The third kappa shape index (κ3) is 2.76. The molecule has 106 valence electrons. The summed E-state index contributed by atoms with van der Waals surface area (Å²) in [6.07, 6.45) is 0. The molecule has 1 aromatic heterocycles. The van der Waals surface area contributed by atoms with E-state index in [9.17, 15) is 0 Å². The van der Waals surface area contributed by atoms with Crippen LogP contribution < -0.4 is 0 Å². The van der Waals surface area contributed by atoms with E-state index in [0.717, 1.165) is 17.3 Å². The smallest absolute Gasteiger partial charge is 0.148 e. The lowest BCUT2D eigenvalue weighted by Crippen LogP contribution is -2.08. The minimum atomic E-state index is 0.187. The number of aromatic nitrogens is 3. The van der Waals surface area contributed by atoms with Crippen molar-refractivity contribution in [2.75, 3.05) is 0 Å². The maximum atomic E-state index is 4.42. The van der Waals surface area contributed by atoms with Gasteiger partial charge in [0.2, 0.25) is 0 Å². The summed E-state index contributed by atoms with van der Waals surface area (Å²) in [6, 6.07) is 20.6. The molecule has 2 aromatic carbocycles. The summed E-state index contributed by atoms with van der Waals surface area (Å²) in [5.41, 5.74) is 2.33. The third-order valence-corrected chi connectivity index (χ3v) is 4.08.